The van der Waals surface area contributed by atoms with Crippen molar-refractivity contribution in [3.63, 3.8) is 0 Å². The fraction of sp³-hybridized carbons (Fsp3) is 0.769. The Morgan fingerprint density at radius 2 is 1.79 bits per heavy atom. The molecule has 0 bridgehead atoms. The molecule has 1 heterocycles. The highest BCUT2D eigenvalue weighted by Gasteiger charge is 2.54. The highest BCUT2D eigenvalue weighted by Crippen LogP contribution is 2.47. The number of urea groups is 1. The van der Waals surface area contributed by atoms with E-state index < -0.39 is 34.7 Å². The minimum atomic E-state index is -0.901. The molecule has 0 saturated carbocycles. The maximum Gasteiger partial charge on any atom is 0.322 e. The van der Waals surface area contributed by atoms with Crippen LogP contribution in [-0.2, 0) is 14.3 Å². The van der Waals surface area contributed by atoms with Gasteiger partial charge >= 0.3 is 12.0 Å². The molecule has 1 fully saturated rings. The SMILES string of the molecule is COC(=O)C(C)(C(C)C1NC(=O)NC1=O)C(C)(C)C. The number of esters is 1. The number of nitrogens with one attached hydrogen (secondary N) is 2. The van der Waals surface area contributed by atoms with Crippen molar-refractivity contribution in [3.05, 3.63) is 0 Å². The van der Waals surface area contributed by atoms with Gasteiger partial charge in [0.15, 0.2) is 0 Å². The van der Waals surface area contributed by atoms with Crippen molar-refractivity contribution in [1.29, 1.82) is 0 Å². The summed E-state index contributed by atoms with van der Waals surface area (Å²) in [6.45, 7) is 9.28. The van der Waals surface area contributed by atoms with Crippen LogP contribution in [0.15, 0.2) is 0 Å². The summed E-state index contributed by atoms with van der Waals surface area (Å²) >= 11 is 0. The summed E-state index contributed by atoms with van der Waals surface area (Å²) < 4.78 is 4.90. The number of methoxy groups -OCH3 is 1. The predicted octanol–water partition coefficient (Wildman–Crippen LogP) is 1.06. The number of hydrogen-bond acceptors (Lipinski definition) is 4. The Morgan fingerprint density at radius 1 is 1.26 bits per heavy atom. The summed E-state index contributed by atoms with van der Waals surface area (Å²) in [6, 6.07) is -1.25. The lowest BCUT2D eigenvalue weighted by molar-refractivity contribution is -0.164. The largest absolute Gasteiger partial charge is 0.469 e. The Kier molecular flexibility index (Phi) is 3.93. The quantitative estimate of drug-likeness (QED) is 0.593. The Labute approximate surface area is 113 Å². The van der Waals surface area contributed by atoms with Crippen molar-refractivity contribution in [3.8, 4) is 0 Å². The zero-order valence-corrected chi connectivity index (χ0v) is 12.3. The minimum absolute atomic E-state index is 0.388. The van der Waals surface area contributed by atoms with Gasteiger partial charge in [-0.3, -0.25) is 14.9 Å². The number of carbonyl (C=O) groups is 3. The van der Waals surface area contributed by atoms with E-state index in [9.17, 15) is 14.4 Å². The molecule has 3 amide bonds. The Hall–Kier alpha value is -1.59. The van der Waals surface area contributed by atoms with Gasteiger partial charge in [0.2, 0.25) is 0 Å². The summed E-state index contributed by atoms with van der Waals surface area (Å²) in [7, 11) is 1.33. The highest BCUT2D eigenvalue weighted by molar-refractivity contribution is 6.04. The summed E-state index contributed by atoms with van der Waals surface area (Å²) in [5.74, 6) is -1.19. The van der Waals surface area contributed by atoms with E-state index in [1.165, 1.54) is 7.11 Å². The van der Waals surface area contributed by atoms with Crippen LogP contribution in [0, 0.1) is 16.7 Å². The van der Waals surface area contributed by atoms with Crippen LogP contribution in [0.3, 0.4) is 0 Å². The Bertz CT molecular complexity index is 413. The minimum Gasteiger partial charge on any atom is -0.469 e. The molecule has 6 heteroatoms. The molecule has 6 nitrogen and oxygen atoms in total. The maximum absolute atomic E-state index is 12.2. The molecule has 3 atom stereocenters. The second-order valence-corrected chi connectivity index (χ2v) is 6.17. The number of rotatable bonds is 3. The van der Waals surface area contributed by atoms with Crippen LogP contribution in [-0.4, -0.2) is 31.1 Å². The van der Waals surface area contributed by atoms with E-state index in [1.54, 1.807) is 13.8 Å². The lowest BCUT2D eigenvalue weighted by atomic mass is 9.59. The van der Waals surface area contributed by atoms with Crippen molar-refractivity contribution in [2.75, 3.05) is 7.11 Å². The van der Waals surface area contributed by atoms with Gasteiger partial charge < -0.3 is 10.1 Å². The molecule has 0 aromatic rings. The van der Waals surface area contributed by atoms with Gasteiger partial charge in [-0.25, -0.2) is 4.79 Å². The van der Waals surface area contributed by atoms with Crippen LogP contribution < -0.4 is 10.6 Å². The summed E-state index contributed by atoms with van der Waals surface area (Å²) in [4.78, 5) is 35.2. The fourth-order valence-electron chi connectivity index (χ4n) is 2.51. The molecule has 0 spiro atoms. The number of amides is 3. The molecule has 0 aromatic carbocycles. The molecule has 0 radical (unpaired) electrons. The van der Waals surface area contributed by atoms with Gasteiger partial charge in [0.1, 0.15) is 6.04 Å². The van der Waals surface area contributed by atoms with Crippen molar-refractivity contribution in [2.24, 2.45) is 16.7 Å². The van der Waals surface area contributed by atoms with E-state index >= 15 is 0 Å². The zero-order valence-electron chi connectivity index (χ0n) is 12.3. The van der Waals surface area contributed by atoms with Gasteiger partial charge in [-0.2, -0.15) is 0 Å². The fourth-order valence-corrected chi connectivity index (χ4v) is 2.51. The Morgan fingerprint density at radius 3 is 2.11 bits per heavy atom. The van der Waals surface area contributed by atoms with Gasteiger partial charge in [-0.15, -0.1) is 0 Å². The van der Waals surface area contributed by atoms with Crippen molar-refractivity contribution < 1.29 is 19.1 Å². The molecule has 108 valence electrons. The second kappa shape index (κ2) is 4.83. The van der Waals surface area contributed by atoms with Crippen molar-refractivity contribution >= 4 is 17.9 Å². The normalized spacial score (nSPS) is 24.2. The van der Waals surface area contributed by atoms with Crippen molar-refractivity contribution in [2.45, 2.75) is 40.7 Å². The summed E-state index contributed by atoms with van der Waals surface area (Å²) in [6.07, 6.45) is 0. The molecule has 1 aliphatic rings. The van der Waals surface area contributed by atoms with Crippen LogP contribution in [0.2, 0.25) is 0 Å². The van der Waals surface area contributed by atoms with Gasteiger partial charge in [0.25, 0.3) is 5.91 Å². The molecule has 1 rings (SSSR count). The molecule has 3 unspecified atom stereocenters. The lowest BCUT2D eigenvalue weighted by Gasteiger charge is -2.45. The van der Waals surface area contributed by atoms with E-state index in [0.29, 0.717) is 0 Å². The molecule has 19 heavy (non-hydrogen) atoms. The third-order valence-corrected chi connectivity index (χ3v) is 4.38. The van der Waals surface area contributed by atoms with Crippen LogP contribution in [0.25, 0.3) is 0 Å². The molecule has 1 aliphatic heterocycles. The number of carbonyl (C=O) groups excluding carboxylic acids is 3. The first-order valence-electron chi connectivity index (χ1n) is 6.25. The second-order valence-electron chi connectivity index (χ2n) is 6.17. The Balaban J connectivity index is 3.16. The molecule has 0 aliphatic carbocycles. The first kappa shape index (κ1) is 15.5. The number of ether oxygens (including phenoxy) is 1. The van der Waals surface area contributed by atoms with Gasteiger partial charge in [-0.1, -0.05) is 27.7 Å². The van der Waals surface area contributed by atoms with Gasteiger partial charge in [0.05, 0.1) is 12.5 Å². The molecular weight excluding hydrogens is 248 g/mol. The van der Waals surface area contributed by atoms with Crippen LogP contribution in [0.4, 0.5) is 4.79 Å². The molecule has 2 N–H and O–H groups in total. The summed E-state index contributed by atoms with van der Waals surface area (Å²) in [5, 5.41) is 4.74. The molecule has 0 aromatic heterocycles. The molecular formula is C13H22N2O4. The zero-order chi connectivity index (χ0) is 15.0. The average Bonchev–Trinajstić information content (AvgIpc) is 2.63. The highest BCUT2D eigenvalue weighted by atomic mass is 16.5. The topological polar surface area (TPSA) is 84.5 Å². The van der Waals surface area contributed by atoms with Gasteiger partial charge in [-0.05, 0) is 12.3 Å². The standard InChI is InChI=1S/C13H22N2O4/c1-7(8-9(16)15-11(18)14-8)13(5,10(17)19-6)12(2,3)4/h7-8H,1-6H3,(H2,14,15,16,18). The third kappa shape index (κ3) is 2.43. The third-order valence-electron chi connectivity index (χ3n) is 4.38. The monoisotopic (exact) mass is 270 g/mol. The van der Waals surface area contributed by atoms with E-state index in [0.717, 1.165) is 0 Å². The lowest BCUT2D eigenvalue weighted by Crippen LogP contribution is -2.53. The van der Waals surface area contributed by atoms with E-state index in [1.807, 2.05) is 20.8 Å². The first-order chi connectivity index (χ1) is 8.55. The van der Waals surface area contributed by atoms with E-state index in [4.69, 9.17) is 4.74 Å². The first-order valence-corrected chi connectivity index (χ1v) is 6.25. The number of hydrogen-bond donors (Lipinski definition) is 2. The van der Waals surface area contributed by atoms with E-state index in [-0.39, 0.29) is 5.97 Å². The smallest absolute Gasteiger partial charge is 0.322 e. The average molecular weight is 270 g/mol. The van der Waals surface area contributed by atoms with Crippen LogP contribution >= 0.6 is 0 Å². The summed E-state index contributed by atoms with van der Waals surface area (Å²) in [5.41, 5.74) is -1.32. The maximum atomic E-state index is 12.2. The van der Waals surface area contributed by atoms with Crippen LogP contribution in [0.1, 0.15) is 34.6 Å². The van der Waals surface area contributed by atoms with Crippen LogP contribution in [0.5, 0.6) is 0 Å². The predicted molar refractivity (Wildman–Crippen MR) is 69.2 cm³/mol. The molecule has 1 saturated heterocycles. The van der Waals surface area contributed by atoms with Gasteiger partial charge in [0, 0.05) is 5.92 Å². The van der Waals surface area contributed by atoms with Crippen molar-refractivity contribution in [1.82, 2.24) is 10.6 Å². The van der Waals surface area contributed by atoms with E-state index in [2.05, 4.69) is 10.6 Å². The number of imide groups is 1.